The van der Waals surface area contributed by atoms with Crippen LogP contribution in [0.2, 0.25) is 15.1 Å². The first-order valence-corrected chi connectivity index (χ1v) is 11.5. The quantitative estimate of drug-likeness (QED) is 0.446. The van der Waals surface area contributed by atoms with Crippen LogP contribution < -0.4 is 15.1 Å². The number of hydrogen-bond acceptors (Lipinski definition) is 3. The lowest BCUT2D eigenvalue weighted by atomic mass is 10.00. The minimum absolute atomic E-state index is 0.275. The van der Waals surface area contributed by atoms with Gasteiger partial charge >= 0.3 is 0 Å². The standard InChI is InChI=1S/C24H19Cl3N4OS/c1-30(16-7-5-6-14(25)12-16)24(33)29-22-23(32)31(2)20-11-10-15(26)13-18(20)21(28-22)17-8-3-4-9-19(17)27/h3-13,22H,1-2H3,(H,29,33). The number of nitrogens with one attached hydrogen (secondary N) is 1. The van der Waals surface area contributed by atoms with Crippen LogP contribution in [0, 0.1) is 0 Å². The molecule has 33 heavy (non-hydrogen) atoms. The van der Waals surface area contributed by atoms with Gasteiger partial charge in [-0.1, -0.05) is 59.1 Å². The first-order valence-electron chi connectivity index (χ1n) is 9.96. The van der Waals surface area contributed by atoms with Gasteiger partial charge in [-0.25, -0.2) is 4.99 Å². The fraction of sp³-hybridized carbons (Fsp3) is 0.125. The van der Waals surface area contributed by atoms with Crippen molar-refractivity contribution >= 4 is 75.1 Å². The van der Waals surface area contributed by atoms with Crippen LogP contribution in [0.15, 0.2) is 71.7 Å². The fourth-order valence-electron chi connectivity index (χ4n) is 3.52. The summed E-state index contributed by atoms with van der Waals surface area (Å²) in [5.74, 6) is -0.275. The molecule has 1 N–H and O–H groups in total. The zero-order chi connectivity index (χ0) is 23.7. The Hall–Kier alpha value is -2.64. The molecule has 1 heterocycles. The summed E-state index contributed by atoms with van der Waals surface area (Å²) in [6.07, 6.45) is -0.985. The van der Waals surface area contributed by atoms with Crippen LogP contribution in [0.25, 0.3) is 0 Å². The van der Waals surface area contributed by atoms with Crippen molar-refractivity contribution in [3.05, 3.63) is 92.9 Å². The van der Waals surface area contributed by atoms with Crippen molar-refractivity contribution in [2.24, 2.45) is 4.99 Å². The number of benzodiazepines with no additional fused rings is 1. The number of carbonyl (C=O) groups is 1. The second-order valence-electron chi connectivity index (χ2n) is 7.41. The fourth-order valence-corrected chi connectivity index (χ4v) is 4.32. The van der Waals surface area contributed by atoms with E-state index in [0.29, 0.717) is 42.7 Å². The molecule has 5 nitrogen and oxygen atoms in total. The first kappa shape index (κ1) is 23.5. The average molecular weight is 518 g/mol. The van der Waals surface area contributed by atoms with Crippen molar-refractivity contribution in [3.63, 3.8) is 0 Å². The van der Waals surface area contributed by atoms with E-state index < -0.39 is 6.17 Å². The van der Waals surface area contributed by atoms with Crippen LogP contribution in [-0.4, -0.2) is 37.0 Å². The van der Waals surface area contributed by atoms with E-state index in [-0.39, 0.29) is 5.91 Å². The molecule has 3 aromatic carbocycles. The summed E-state index contributed by atoms with van der Waals surface area (Å²) in [6, 6.07) is 19.9. The van der Waals surface area contributed by atoms with E-state index in [2.05, 4.69) is 5.32 Å². The van der Waals surface area contributed by atoms with Gasteiger partial charge in [-0.3, -0.25) is 4.79 Å². The van der Waals surface area contributed by atoms with Crippen LogP contribution in [0.4, 0.5) is 11.4 Å². The van der Waals surface area contributed by atoms with Crippen molar-refractivity contribution in [1.82, 2.24) is 5.32 Å². The van der Waals surface area contributed by atoms with Gasteiger partial charge in [0, 0.05) is 46.0 Å². The van der Waals surface area contributed by atoms with E-state index in [4.69, 9.17) is 52.0 Å². The molecule has 1 aliphatic rings. The molecule has 9 heteroatoms. The molecule has 0 radical (unpaired) electrons. The molecular weight excluding hydrogens is 499 g/mol. The number of fused-ring (bicyclic) bond motifs is 1. The third-order valence-corrected chi connectivity index (χ3v) is 6.48. The second kappa shape index (κ2) is 9.69. The summed E-state index contributed by atoms with van der Waals surface area (Å²) in [4.78, 5) is 21.5. The number of halogens is 3. The smallest absolute Gasteiger partial charge is 0.272 e. The van der Waals surface area contributed by atoms with Crippen molar-refractivity contribution in [3.8, 4) is 0 Å². The molecular formula is C24H19Cl3N4OS. The highest BCUT2D eigenvalue weighted by Crippen LogP contribution is 2.32. The molecule has 0 aromatic heterocycles. The summed E-state index contributed by atoms with van der Waals surface area (Å²) >= 11 is 24.5. The van der Waals surface area contributed by atoms with Crippen LogP contribution in [0.5, 0.6) is 0 Å². The maximum absolute atomic E-state index is 13.4. The summed E-state index contributed by atoms with van der Waals surface area (Å²) in [6.45, 7) is 0. The normalized spacial score (nSPS) is 15.4. The van der Waals surface area contributed by atoms with Crippen LogP contribution in [-0.2, 0) is 4.79 Å². The topological polar surface area (TPSA) is 47.9 Å². The predicted octanol–water partition coefficient (Wildman–Crippen LogP) is 5.80. The van der Waals surface area contributed by atoms with Gasteiger partial charge in [-0.05, 0) is 54.7 Å². The van der Waals surface area contributed by atoms with Gasteiger partial charge in [-0.2, -0.15) is 0 Å². The van der Waals surface area contributed by atoms with Gasteiger partial charge in [0.15, 0.2) is 5.11 Å². The van der Waals surface area contributed by atoms with Gasteiger partial charge in [-0.15, -0.1) is 0 Å². The van der Waals surface area contributed by atoms with Crippen molar-refractivity contribution in [2.75, 3.05) is 23.9 Å². The molecule has 168 valence electrons. The van der Waals surface area contributed by atoms with Crippen LogP contribution in [0.3, 0.4) is 0 Å². The lowest BCUT2D eigenvalue weighted by Gasteiger charge is -2.25. The Labute approximate surface area is 212 Å². The first-order chi connectivity index (χ1) is 15.8. The minimum atomic E-state index is -0.985. The Kier molecular flexibility index (Phi) is 6.91. The Bertz CT molecular complexity index is 1280. The molecule has 1 aliphatic heterocycles. The SMILES string of the molecule is CN(C(=S)NC1N=C(c2ccccc2Cl)c2cc(Cl)ccc2N(C)C1=O)c1cccc(Cl)c1. The average Bonchev–Trinajstić information content (AvgIpc) is 2.89. The molecule has 3 aromatic rings. The summed E-state index contributed by atoms with van der Waals surface area (Å²) in [7, 11) is 3.48. The number of nitrogens with zero attached hydrogens (tertiary/aromatic N) is 3. The Morgan fingerprint density at radius 1 is 1.00 bits per heavy atom. The van der Waals surface area contributed by atoms with Gasteiger partial charge < -0.3 is 15.1 Å². The largest absolute Gasteiger partial charge is 0.333 e. The molecule has 0 fully saturated rings. The lowest BCUT2D eigenvalue weighted by molar-refractivity contribution is -0.119. The number of likely N-dealkylation sites (N-methyl/N-ethyl adjacent to an activating group) is 1. The molecule has 4 rings (SSSR count). The van der Waals surface area contributed by atoms with E-state index in [1.807, 2.05) is 30.3 Å². The third-order valence-electron chi connectivity index (χ3n) is 5.29. The summed E-state index contributed by atoms with van der Waals surface area (Å²) in [5.41, 5.74) is 3.37. The molecule has 1 atom stereocenters. The number of thiocarbonyl (C=S) groups is 1. The predicted molar refractivity (Wildman–Crippen MR) is 141 cm³/mol. The van der Waals surface area contributed by atoms with E-state index >= 15 is 0 Å². The maximum Gasteiger partial charge on any atom is 0.272 e. The number of hydrogen-bond donors (Lipinski definition) is 1. The van der Waals surface area contributed by atoms with Crippen LogP contribution >= 0.6 is 47.0 Å². The van der Waals surface area contributed by atoms with Gasteiger partial charge in [0.25, 0.3) is 5.91 Å². The van der Waals surface area contributed by atoms with Crippen molar-refractivity contribution < 1.29 is 4.79 Å². The molecule has 0 spiro atoms. The highest BCUT2D eigenvalue weighted by atomic mass is 35.5. The third kappa shape index (κ3) is 4.84. The highest BCUT2D eigenvalue weighted by molar-refractivity contribution is 7.80. The van der Waals surface area contributed by atoms with Crippen molar-refractivity contribution in [2.45, 2.75) is 6.17 Å². The van der Waals surface area contributed by atoms with Crippen molar-refractivity contribution in [1.29, 1.82) is 0 Å². The van der Waals surface area contributed by atoms with E-state index in [1.165, 1.54) is 0 Å². The Morgan fingerprint density at radius 2 is 1.73 bits per heavy atom. The minimum Gasteiger partial charge on any atom is -0.333 e. The van der Waals surface area contributed by atoms with Gasteiger partial charge in [0.05, 0.1) is 11.4 Å². The zero-order valence-electron chi connectivity index (χ0n) is 17.7. The number of aliphatic imine (C=N–C) groups is 1. The van der Waals surface area contributed by atoms with E-state index in [9.17, 15) is 4.79 Å². The van der Waals surface area contributed by atoms with Gasteiger partial charge in [0.2, 0.25) is 6.17 Å². The monoisotopic (exact) mass is 516 g/mol. The Balaban J connectivity index is 1.77. The second-order valence-corrected chi connectivity index (χ2v) is 9.07. The zero-order valence-corrected chi connectivity index (χ0v) is 20.8. The molecule has 0 aliphatic carbocycles. The number of carbonyl (C=O) groups excluding carboxylic acids is 1. The number of amides is 1. The molecule has 0 bridgehead atoms. The molecule has 0 saturated heterocycles. The number of rotatable bonds is 3. The Morgan fingerprint density at radius 3 is 2.45 bits per heavy atom. The number of benzene rings is 3. The van der Waals surface area contributed by atoms with E-state index in [1.54, 1.807) is 60.3 Å². The summed E-state index contributed by atoms with van der Waals surface area (Å²) in [5, 5.41) is 5.02. The maximum atomic E-state index is 13.4. The molecule has 1 amide bonds. The summed E-state index contributed by atoms with van der Waals surface area (Å²) < 4.78 is 0. The van der Waals surface area contributed by atoms with Gasteiger partial charge in [0.1, 0.15) is 0 Å². The van der Waals surface area contributed by atoms with E-state index in [0.717, 1.165) is 5.69 Å². The lowest BCUT2D eigenvalue weighted by Crippen LogP contribution is -2.49. The highest BCUT2D eigenvalue weighted by Gasteiger charge is 2.31. The van der Waals surface area contributed by atoms with Crippen LogP contribution in [0.1, 0.15) is 11.1 Å². The number of anilines is 2. The molecule has 1 unspecified atom stereocenters. The molecule has 0 saturated carbocycles.